The van der Waals surface area contributed by atoms with Crippen LogP contribution in [-0.2, 0) is 44.6 Å². The smallest absolute Gasteiger partial charge is 0.457 e. The Balaban J connectivity index is -0.000000556. The fourth-order valence-electron chi connectivity index (χ4n) is 12.7. The molecule has 0 amide bonds. The van der Waals surface area contributed by atoms with Crippen LogP contribution < -0.4 is 33.6 Å². The summed E-state index contributed by atoms with van der Waals surface area (Å²) in [5, 5.41) is 0.481. The summed E-state index contributed by atoms with van der Waals surface area (Å²) in [4.78, 5) is 63.1. The van der Waals surface area contributed by atoms with Crippen molar-refractivity contribution in [3.05, 3.63) is 367 Å². The Kier molecular flexibility index (Phi) is 26.8. The van der Waals surface area contributed by atoms with Crippen LogP contribution >= 0.6 is 39.1 Å². The Morgan fingerprint density at radius 2 is 0.709 bits per heavy atom. The lowest BCUT2D eigenvalue weighted by atomic mass is 10.0. The highest BCUT2D eigenvalue weighted by Gasteiger charge is 2.57. The summed E-state index contributed by atoms with van der Waals surface area (Å²) in [6.07, 6.45) is 3.40. The minimum Gasteiger partial charge on any atom is -0.457 e. The van der Waals surface area contributed by atoms with E-state index in [-0.39, 0.29) is 54.6 Å². The molecule has 13 aromatic rings. The number of ether oxygens (including phenoxy) is 5. The first-order valence-corrected chi connectivity index (χ1v) is 41.8. The molecule has 0 fully saturated rings. The van der Waals surface area contributed by atoms with Crippen LogP contribution in [0.2, 0.25) is 10.0 Å². The highest BCUT2D eigenvalue weighted by molar-refractivity contribution is 9.10. The first-order chi connectivity index (χ1) is 72.0. The SMILES string of the molecule is C.C.CC(=O)OC(C)=O.Cc1ccc(Br)cc1.Cc1ccc(N2c3ccccc3Oc3cc(C=C4C(=O)c5cc(Cl)c(Cl)cc5C4=O)ccc32)cc1.Cc1ccc(N2c3ccccc3Oc3cc(C=O)ccc32)cc1.Cc1ccc(N2c3ccccc3Oc3ccccc32)cc1.O=S(=O)(OS(=O)(=O)C(F)(F)F)C(F)(F)F.[2HH].[2H]CF.[2H][2H].[2H][2H].[2H][2H].[2H][2H].[2H][2H].[2H][2H].[2H][2H].[2H][2H].[2H][2H].[2H][2H].[2H][2H].[2H][2H].c1ccc2c(c1)Cc1ccccc1O2. The van der Waals surface area contributed by atoms with Crippen LogP contribution in [0.4, 0.5) is 81.9 Å². The number of esters is 2. The molecule has 682 valence electrons. The van der Waals surface area contributed by atoms with Gasteiger partial charge in [0.2, 0.25) is 0 Å². The lowest BCUT2D eigenvalue weighted by Crippen LogP contribution is -2.34. The number of anilines is 9. The topological polar surface area (TPSA) is 219 Å². The third kappa shape index (κ3) is 23.9. The van der Waals surface area contributed by atoms with Crippen molar-refractivity contribution in [1.29, 1.82) is 0 Å². The third-order valence-corrected chi connectivity index (χ3v) is 22.3. The Bertz CT molecular complexity index is 6320. The summed E-state index contributed by atoms with van der Waals surface area (Å²) in [5.41, 5.74) is 5.91. The number of aldehydes is 1. The fourth-order valence-corrected chi connectivity index (χ4v) is 14.9. The molecule has 0 saturated heterocycles. The van der Waals surface area contributed by atoms with E-state index in [2.05, 4.69) is 184 Å². The third-order valence-electron chi connectivity index (χ3n) is 18.5. The molecular weight excluding hydrogens is 1800 g/mol. The van der Waals surface area contributed by atoms with E-state index >= 15 is 0 Å². The Hall–Kier alpha value is -13.2. The molecular formula is C97H107BrCl2F7N3O15S2. The van der Waals surface area contributed by atoms with Crippen LogP contribution in [0.25, 0.3) is 6.08 Å². The number of carbonyl (C=O) groups is 5. The van der Waals surface area contributed by atoms with Crippen molar-refractivity contribution >= 4 is 146 Å². The zero-order valence-electron chi connectivity index (χ0n) is 91.8. The molecule has 30 heteroatoms. The second kappa shape index (κ2) is 42.6. The molecule has 18 nitrogen and oxygen atoms in total. The van der Waals surface area contributed by atoms with Crippen LogP contribution in [0.5, 0.6) is 46.0 Å². The molecule has 1 aliphatic carbocycles. The van der Waals surface area contributed by atoms with Gasteiger partial charge in [-0.2, -0.15) is 43.2 Å². The molecule has 18 rings (SSSR count). The van der Waals surface area contributed by atoms with Crippen molar-refractivity contribution in [1.82, 2.24) is 0 Å². The number of aryl methyl sites for hydroxylation is 4. The summed E-state index contributed by atoms with van der Waals surface area (Å²) in [6.45, 7) is 10.7. The number of hydrogen-bond acceptors (Lipinski definition) is 18. The van der Waals surface area contributed by atoms with Gasteiger partial charge in [0.15, 0.2) is 46.1 Å². The molecule has 0 aromatic heterocycles. The van der Waals surface area contributed by atoms with Gasteiger partial charge in [0, 0.05) is 95.6 Å². The van der Waals surface area contributed by atoms with Crippen molar-refractivity contribution in [2.45, 2.75) is 73.8 Å². The first-order valence-electron chi connectivity index (χ1n) is 50.1. The molecule has 0 bridgehead atoms. The molecule has 0 unspecified atom stereocenters. The number of ketones is 2. The van der Waals surface area contributed by atoms with Gasteiger partial charge in [-0.1, -0.05) is 216 Å². The minimum atomic E-state index is -6.85. The molecule has 13 aromatic carbocycles. The van der Waals surface area contributed by atoms with Crippen molar-refractivity contribution in [2.75, 3.05) is 21.9 Å². The van der Waals surface area contributed by atoms with Gasteiger partial charge in [-0.05, 0) is 202 Å². The van der Waals surface area contributed by atoms with Gasteiger partial charge in [-0.25, -0.2) is 0 Å². The van der Waals surface area contributed by atoms with E-state index in [9.17, 15) is 71.5 Å². The normalized spacial score (nSPS) is 13.1. The standard InChI is InChI=1S/C29H17Cl2NO3.C20H15NO2.C19H15NO.C13H10O.C7H7Br.C4H6O3.C2F6O5S2.CH3F.2CH4.13H2/c1-16-6-9-18(10-7-16)32-24-4-2-3-5-26(24)35-27-13-17(8-11-25(27)32)12-21-28(33)19-14-22(30)23(31)15-20(19)29(21)34;1-14-6-9-16(10-7-14)21-17-4-2-3-5-19(17)23-20-12-15(13-22)8-11-18(20)21;1-14-10-12-15(13-11-14)20-16-6-2-4-8-18(16)21-19-9-5-3-7-17(19)20;1-3-7-12-10(5-1)9-11-6-2-4-8-13(11)14-12;1-6-2-4-7(8)5-3-6;1-3(5)7-4(2)6;3-1(4,5)14(9,10)13-15(11,12)2(6,7)8;1-2;;;;;;;;;;;;;;;/h2-15H,1H3;2-13H,1H3;2-13H,1H3;1-8H,9H2;2-5H,1H3;1-2H3;;1H3;2*1H4;13*1H/i;;;;;;;1D;;;12*1+1D;1+1. The minimum absolute atomic E-state index is 0. The molecule has 127 heavy (non-hydrogen) atoms. The number of para-hydroxylation sites is 10. The Morgan fingerprint density at radius 1 is 0.433 bits per heavy atom. The summed E-state index contributed by atoms with van der Waals surface area (Å²) in [7, 11) is -14.7. The second-order valence-electron chi connectivity index (χ2n) is 27.5. The average Bonchev–Trinajstić information content (AvgIpc) is 1.79. The zero-order valence-corrected chi connectivity index (χ0v) is 71.6. The first kappa shape index (κ1) is 79.7. The predicted molar refractivity (Wildman–Crippen MR) is 512 cm³/mol. The van der Waals surface area contributed by atoms with Gasteiger partial charge in [0.25, 0.3) is 0 Å². The van der Waals surface area contributed by atoms with Gasteiger partial charge in [0.05, 0.1) is 58.3 Å². The number of carbonyl (C=O) groups excluding carboxylic acids is 5. The molecule has 0 radical (unpaired) electrons. The molecule has 0 N–H and O–H groups in total. The van der Waals surface area contributed by atoms with E-state index in [1.807, 2.05) is 155 Å². The lowest BCUT2D eigenvalue weighted by Gasteiger charge is -2.33. The Labute approximate surface area is 788 Å². The van der Waals surface area contributed by atoms with Crippen molar-refractivity contribution in [2.24, 2.45) is 0 Å². The number of rotatable bonds is 7. The summed E-state index contributed by atoms with van der Waals surface area (Å²) < 4.78 is 275. The number of benzene rings is 13. The molecule has 5 aliphatic rings. The van der Waals surface area contributed by atoms with Crippen molar-refractivity contribution in [3.63, 3.8) is 0 Å². The van der Waals surface area contributed by atoms with E-state index in [1.54, 1.807) is 12.1 Å². The maximum absolute atomic E-state index is 13.0. The van der Waals surface area contributed by atoms with Gasteiger partial charge in [0.1, 0.15) is 17.8 Å². The van der Waals surface area contributed by atoms with Crippen molar-refractivity contribution in [3.8, 4) is 46.0 Å². The van der Waals surface area contributed by atoms with Crippen LogP contribution in [-0.4, -0.2) is 64.8 Å². The monoisotopic (exact) mass is 1930 g/mol. The number of alkyl halides is 7. The van der Waals surface area contributed by atoms with Crippen LogP contribution in [0, 0.1) is 27.7 Å². The van der Waals surface area contributed by atoms with E-state index in [0.29, 0.717) is 22.6 Å². The zero-order chi connectivity index (χ0) is 115. The predicted octanol–water partition coefficient (Wildman–Crippen LogP) is 31.3. The van der Waals surface area contributed by atoms with E-state index in [4.69, 9.17) is 79.2 Å². The van der Waals surface area contributed by atoms with Crippen LogP contribution in [0.15, 0.2) is 301 Å². The van der Waals surface area contributed by atoms with Crippen LogP contribution in [0.1, 0.15) is 137 Å². The highest BCUT2D eigenvalue weighted by Crippen LogP contribution is 2.54. The van der Waals surface area contributed by atoms with E-state index in [1.165, 1.54) is 59.4 Å². The summed E-state index contributed by atoms with van der Waals surface area (Å²) >= 11 is 15.5. The van der Waals surface area contributed by atoms with Gasteiger partial charge >= 0.3 is 43.2 Å². The van der Waals surface area contributed by atoms with E-state index in [0.717, 1.165) is 103 Å². The molecule has 0 saturated carbocycles. The van der Waals surface area contributed by atoms with Gasteiger partial charge in [-0.3, -0.25) is 28.4 Å². The number of nitrogens with zero attached hydrogens (tertiary/aromatic N) is 3. The van der Waals surface area contributed by atoms with E-state index < -0.39 is 50.3 Å². The van der Waals surface area contributed by atoms with Gasteiger partial charge in [-0.15, -0.1) is 3.63 Å². The molecule has 4 heterocycles. The number of Topliss-reactive ketones (excluding diaryl/α,β-unsaturated/α-hetero) is 2. The quantitative estimate of drug-likeness (QED) is 0.0275. The lowest BCUT2D eigenvalue weighted by molar-refractivity contribution is -0.156. The average molecular weight is 1930 g/mol. The molecule has 0 atom stereocenters. The maximum atomic E-state index is 13.0. The van der Waals surface area contributed by atoms with Gasteiger partial charge < -0.3 is 38.4 Å². The molecule has 4 aliphatic heterocycles. The maximum Gasteiger partial charge on any atom is 0.524 e. The number of allylic oxidation sites excluding steroid dienone is 1. The number of hydrogen-bond donors (Lipinski definition) is 0. The number of halogens is 10. The highest BCUT2D eigenvalue weighted by atomic mass is 79.9. The summed E-state index contributed by atoms with van der Waals surface area (Å²) in [5.74, 6) is 4.71. The van der Waals surface area contributed by atoms with Crippen molar-refractivity contribution < 1.29 is 137 Å². The second-order valence-corrected chi connectivity index (χ2v) is 32.5. The largest absolute Gasteiger partial charge is 0.524 e. The number of fused-ring (bicyclic) bond motifs is 9. The van der Waals surface area contributed by atoms with Crippen LogP contribution in [0.3, 0.4) is 0 Å². The Morgan fingerprint density at radius 3 is 1.02 bits per heavy atom. The molecule has 0 spiro atoms. The summed E-state index contributed by atoms with van der Waals surface area (Å²) in [6, 6.07) is 95.9. The fraction of sp³-hybridized carbons (Fsp3) is 0.124.